The SMILES string of the molecule is CC(=O)N1CCC(n2nc(-c3cc4cc(O)cc(C)c4[nH]3)c3c(N)ncnc32)CC1. The highest BCUT2D eigenvalue weighted by atomic mass is 16.3. The number of likely N-dealkylation sites (tertiary alicyclic amines) is 1. The summed E-state index contributed by atoms with van der Waals surface area (Å²) in [6, 6.07) is 5.53. The van der Waals surface area contributed by atoms with Gasteiger partial charge in [-0.15, -0.1) is 0 Å². The number of aryl methyl sites for hydroxylation is 1. The number of nitrogens with zero attached hydrogens (tertiary/aromatic N) is 5. The third kappa shape index (κ3) is 2.85. The van der Waals surface area contributed by atoms with Gasteiger partial charge in [-0.25, -0.2) is 14.6 Å². The molecule has 1 aliphatic heterocycles. The van der Waals surface area contributed by atoms with Crippen LogP contribution < -0.4 is 5.73 Å². The number of hydrogen-bond acceptors (Lipinski definition) is 6. The molecule has 0 atom stereocenters. The predicted octanol–water partition coefficient (Wildman–Crippen LogP) is 2.75. The molecule has 1 aromatic carbocycles. The van der Waals surface area contributed by atoms with Gasteiger partial charge in [-0.05, 0) is 43.5 Å². The number of aromatic hydroxyl groups is 1. The smallest absolute Gasteiger partial charge is 0.219 e. The molecule has 5 rings (SSSR count). The summed E-state index contributed by atoms with van der Waals surface area (Å²) in [4.78, 5) is 25.6. The Labute approximate surface area is 172 Å². The van der Waals surface area contributed by atoms with Gasteiger partial charge in [-0.3, -0.25) is 4.79 Å². The van der Waals surface area contributed by atoms with Crippen molar-refractivity contribution < 1.29 is 9.90 Å². The van der Waals surface area contributed by atoms with Crippen molar-refractivity contribution in [1.29, 1.82) is 0 Å². The van der Waals surface area contributed by atoms with E-state index < -0.39 is 0 Å². The molecule has 30 heavy (non-hydrogen) atoms. The molecule has 3 aromatic heterocycles. The Bertz CT molecular complexity index is 1280. The summed E-state index contributed by atoms with van der Waals surface area (Å²) in [6.07, 6.45) is 3.07. The van der Waals surface area contributed by atoms with E-state index in [4.69, 9.17) is 10.8 Å². The van der Waals surface area contributed by atoms with Crippen LogP contribution in [-0.2, 0) is 4.79 Å². The maximum atomic E-state index is 11.7. The van der Waals surface area contributed by atoms with Crippen molar-refractivity contribution >= 4 is 33.7 Å². The number of anilines is 1. The minimum absolute atomic E-state index is 0.0997. The second-order valence-electron chi connectivity index (χ2n) is 7.90. The van der Waals surface area contributed by atoms with Crippen LogP contribution >= 0.6 is 0 Å². The van der Waals surface area contributed by atoms with Crippen LogP contribution in [0.3, 0.4) is 0 Å². The van der Waals surface area contributed by atoms with E-state index in [1.807, 2.05) is 22.6 Å². The molecule has 4 aromatic rings. The van der Waals surface area contributed by atoms with Crippen LogP contribution in [0.2, 0.25) is 0 Å². The molecule has 0 aliphatic carbocycles. The zero-order chi connectivity index (χ0) is 21.0. The Balaban J connectivity index is 1.63. The number of carbonyl (C=O) groups is 1. The van der Waals surface area contributed by atoms with Gasteiger partial charge in [-0.1, -0.05) is 0 Å². The molecule has 0 radical (unpaired) electrons. The van der Waals surface area contributed by atoms with Crippen LogP contribution in [-0.4, -0.2) is 53.7 Å². The van der Waals surface area contributed by atoms with E-state index >= 15 is 0 Å². The lowest BCUT2D eigenvalue weighted by Gasteiger charge is -2.31. The molecule has 9 heteroatoms. The zero-order valence-electron chi connectivity index (χ0n) is 16.9. The second kappa shape index (κ2) is 6.72. The average molecular weight is 405 g/mol. The van der Waals surface area contributed by atoms with Gasteiger partial charge >= 0.3 is 0 Å². The number of hydrogen-bond donors (Lipinski definition) is 3. The van der Waals surface area contributed by atoms with E-state index in [1.165, 1.54) is 6.33 Å². The number of aromatic amines is 1. The van der Waals surface area contributed by atoms with Gasteiger partial charge < -0.3 is 20.7 Å². The molecule has 4 heterocycles. The molecule has 1 fully saturated rings. The van der Waals surface area contributed by atoms with Crippen molar-refractivity contribution in [1.82, 2.24) is 29.6 Å². The molecule has 0 saturated carbocycles. The number of amides is 1. The first-order chi connectivity index (χ1) is 14.4. The Morgan fingerprint density at radius 2 is 2.00 bits per heavy atom. The lowest BCUT2D eigenvalue weighted by atomic mass is 10.1. The normalized spacial score (nSPS) is 15.3. The van der Waals surface area contributed by atoms with Crippen LogP contribution in [0.25, 0.3) is 33.3 Å². The summed E-state index contributed by atoms with van der Waals surface area (Å²) >= 11 is 0. The number of nitrogen functional groups attached to an aromatic ring is 1. The highest BCUT2D eigenvalue weighted by Gasteiger charge is 2.27. The molecular weight excluding hydrogens is 382 g/mol. The molecule has 0 bridgehead atoms. The quantitative estimate of drug-likeness (QED) is 0.471. The van der Waals surface area contributed by atoms with Gasteiger partial charge in [0.25, 0.3) is 0 Å². The van der Waals surface area contributed by atoms with Crippen LogP contribution in [0.4, 0.5) is 5.82 Å². The summed E-state index contributed by atoms with van der Waals surface area (Å²) in [6.45, 7) is 4.94. The van der Waals surface area contributed by atoms with Crippen LogP contribution in [0, 0.1) is 6.92 Å². The van der Waals surface area contributed by atoms with Crippen molar-refractivity contribution in [2.75, 3.05) is 18.8 Å². The summed E-state index contributed by atoms with van der Waals surface area (Å²) < 4.78 is 1.93. The van der Waals surface area contributed by atoms with E-state index in [2.05, 4.69) is 15.0 Å². The molecule has 1 saturated heterocycles. The summed E-state index contributed by atoms with van der Waals surface area (Å²) in [7, 11) is 0. The summed E-state index contributed by atoms with van der Waals surface area (Å²) in [5.74, 6) is 0.699. The van der Waals surface area contributed by atoms with Gasteiger partial charge in [-0.2, -0.15) is 5.10 Å². The topological polar surface area (TPSA) is 126 Å². The third-order valence-electron chi connectivity index (χ3n) is 5.94. The van der Waals surface area contributed by atoms with E-state index in [-0.39, 0.29) is 17.7 Å². The first-order valence-corrected chi connectivity index (χ1v) is 9.99. The van der Waals surface area contributed by atoms with Gasteiger partial charge in [0.05, 0.1) is 17.1 Å². The number of nitrogens with one attached hydrogen (secondary N) is 1. The van der Waals surface area contributed by atoms with Crippen LogP contribution in [0.5, 0.6) is 5.75 Å². The monoisotopic (exact) mass is 405 g/mol. The van der Waals surface area contributed by atoms with Crippen LogP contribution in [0.1, 0.15) is 31.4 Å². The highest BCUT2D eigenvalue weighted by molar-refractivity contribution is 6.00. The number of fused-ring (bicyclic) bond motifs is 2. The van der Waals surface area contributed by atoms with Crippen molar-refractivity contribution in [3.05, 3.63) is 30.1 Å². The maximum absolute atomic E-state index is 11.7. The Kier molecular flexibility index (Phi) is 4.12. The molecule has 0 spiro atoms. The Hall–Kier alpha value is -3.62. The Morgan fingerprint density at radius 3 is 2.73 bits per heavy atom. The number of nitrogens with two attached hydrogens (primary N) is 1. The summed E-state index contributed by atoms with van der Waals surface area (Å²) in [5, 5.41) is 16.4. The lowest BCUT2D eigenvalue weighted by Crippen LogP contribution is -2.37. The van der Waals surface area contributed by atoms with E-state index in [1.54, 1.807) is 19.1 Å². The number of H-pyrrole nitrogens is 1. The van der Waals surface area contributed by atoms with E-state index in [0.29, 0.717) is 35.6 Å². The molecule has 0 unspecified atom stereocenters. The number of rotatable bonds is 2. The molecule has 1 amide bonds. The predicted molar refractivity (Wildman–Crippen MR) is 114 cm³/mol. The van der Waals surface area contributed by atoms with E-state index in [9.17, 15) is 9.90 Å². The number of phenolic OH excluding ortho intramolecular Hbond substituents is 1. The van der Waals surface area contributed by atoms with Crippen molar-refractivity contribution in [2.45, 2.75) is 32.7 Å². The molecule has 1 aliphatic rings. The van der Waals surface area contributed by atoms with Gasteiger partial charge in [0.15, 0.2) is 5.65 Å². The molecule has 4 N–H and O–H groups in total. The first kappa shape index (κ1) is 18.4. The fourth-order valence-electron chi connectivity index (χ4n) is 4.40. The lowest BCUT2D eigenvalue weighted by molar-refractivity contribution is -0.130. The number of carbonyl (C=O) groups excluding carboxylic acids is 1. The fourth-order valence-corrected chi connectivity index (χ4v) is 4.40. The minimum Gasteiger partial charge on any atom is -0.508 e. The summed E-state index contributed by atoms with van der Waals surface area (Å²) in [5.41, 5.74) is 10.3. The second-order valence-corrected chi connectivity index (χ2v) is 7.90. The van der Waals surface area contributed by atoms with E-state index in [0.717, 1.165) is 35.0 Å². The largest absolute Gasteiger partial charge is 0.508 e. The first-order valence-electron chi connectivity index (χ1n) is 9.99. The maximum Gasteiger partial charge on any atom is 0.219 e. The zero-order valence-corrected chi connectivity index (χ0v) is 16.9. The minimum atomic E-state index is 0.0997. The highest BCUT2D eigenvalue weighted by Crippen LogP contribution is 2.36. The third-order valence-corrected chi connectivity index (χ3v) is 5.94. The molecular formula is C21H23N7O2. The van der Waals surface area contributed by atoms with Crippen molar-refractivity contribution in [3.63, 3.8) is 0 Å². The number of phenols is 1. The Morgan fingerprint density at radius 1 is 1.23 bits per heavy atom. The van der Waals surface area contributed by atoms with Gasteiger partial charge in [0, 0.05) is 30.9 Å². The number of piperidine rings is 1. The van der Waals surface area contributed by atoms with Crippen LogP contribution in [0.15, 0.2) is 24.5 Å². The van der Waals surface area contributed by atoms with Gasteiger partial charge in [0.1, 0.15) is 23.6 Å². The van der Waals surface area contributed by atoms with Crippen molar-refractivity contribution in [3.8, 4) is 17.1 Å². The molecule has 154 valence electrons. The molecule has 9 nitrogen and oxygen atoms in total. The average Bonchev–Trinajstić information content (AvgIpc) is 3.30. The number of benzene rings is 1. The van der Waals surface area contributed by atoms with Gasteiger partial charge in [0.2, 0.25) is 5.91 Å². The fraction of sp³-hybridized carbons (Fsp3) is 0.333. The number of aromatic nitrogens is 5. The van der Waals surface area contributed by atoms with Crippen molar-refractivity contribution in [2.24, 2.45) is 0 Å². The standard InChI is InChI=1S/C21H23N7O2/c1-11-7-15(30)8-13-9-16(25-18(11)13)19-17-20(22)23-10-24-21(17)28(26-19)14-3-5-27(6-4-14)12(2)29/h7-10,14,25,30H,3-6H2,1-2H3,(H2,22,23,24).